The van der Waals surface area contributed by atoms with Gasteiger partial charge in [-0.25, -0.2) is 0 Å². The summed E-state index contributed by atoms with van der Waals surface area (Å²) in [5, 5.41) is 9.57. The Labute approximate surface area is 81.3 Å². The van der Waals surface area contributed by atoms with Crippen molar-refractivity contribution in [2.45, 2.75) is 58.2 Å². The Bertz CT molecular complexity index is 130. The molecule has 0 aromatic rings. The van der Waals surface area contributed by atoms with Crippen LogP contribution in [0.25, 0.3) is 0 Å². The second-order valence-electron chi connectivity index (χ2n) is 4.52. The van der Waals surface area contributed by atoms with Crippen LogP contribution in [0.1, 0.15) is 46.0 Å². The van der Waals surface area contributed by atoms with Gasteiger partial charge in [-0.3, -0.25) is 0 Å². The van der Waals surface area contributed by atoms with Crippen LogP contribution in [0.5, 0.6) is 0 Å². The molecule has 0 saturated carbocycles. The summed E-state index contributed by atoms with van der Waals surface area (Å²) in [6.07, 6.45) is 5.93. The van der Waals surface area contributed by atoms with Crippen LogP contribution >= 0.6 is 0 Å². The van der Waals surface area contributed by atoms with E-state index in [2.05, 4.69) is 13.8 Å². The fourth-order valence-electron chi connectivity index (χ4n) is 1.65. The molecule has 1 saturated heterocycles. The largest absolute Gasteiger partial charge is 0.393 e. The Balaban J connectivity index is 1.85. The predicted molar refractivity (Wildman–Crippen MR) is 53.7 cm³/mol. The number of epoxide rings is 1. The highest BCUT2D eigenvalue weighted by Gasteiger charge is 2.21. The van der Waals surface area contributed by atoms with Gasteiger partial charge in [0.1, 0.15) is 0 Å². The standard InChI is InChI=1S/C11H22O2/c1-9(2)7-10(12)5-3-4-6-11-8-13-11/h9-12H,3-8H2,1-2H3. The van der Waals surface area contributed by atoms with Crippen LogP contribution in [-0.4, -0.2) is 23.9 Å². The van der Waals surface area contributed by atoms with E-state index in [0.717, 1.165) is 25.9 Å². The molecule has 1 heterocycles. The molecule has 0 amide bonds. The van der Waals surface area contributed by atoms with Crippen molar-refractivity contribution < 1.29 is 9.84 Å². The number of hydrogen-bond acceptors (Lipinski definition) is 2. The van der Waals surface area contributed by atoms with Crippen LogP contribution in [0.2, 0.25) is 0 Å². The van der Waals surface area contributed by atoms with Crippen molar-refractivity contribution in [3.8, 4) is 0 Å². The van der Waals surface area contributed by atoms with E-state index in [0.29, 0.717) is 12.0 Å². The molecule has 2 nitrogen and oxygen atoms in total. The van der Waals surface area contributed by atoms with Gasteiger partial charge < -0.3 is 9.84 Å². The first-order chi connectivity index (χ1) is 6.18. The second-order valence-corrected chi connectivity index (χ2v) is 4.52. The Hall–Kier alpha value is -0.0800. The van der Waals surface area contributed by atoms with Gasteiger partial charge in [0.15, 0.2) is 0 Å². The van der Waals surface area contributed by atoms with E-state index in [4.69, 9.17) is 4.74 Å². The molecule has 1 rings (SSSR count). The average molecular weight is 186 g/mol. The highest BCUT2D eigenvalue weighted by molar-refractivity contribution is 4.69. The number of hydrogen-bond donors (Lipinski definition) is 1. The molecule has 13 heavy (non-hydrogen) atoms. The van der Waals surface area contributed by atoms with E-state index < -0.39 is 0 Å². The van der Waals surface area contributed by atoms with Crippen LogP contribution in [0, 0.1) is 5.92 Å². The zero-order valence-electron chi connectivity index (χ0n) is 8.83. The maximum absolute atomic E-state index is 9.57. The van der Waals surface area contributed by atoms with Gasteiger partial charge in [0.05, 0.1) is 18.8 Å². The summed E-state index contributed by atoms with van der Waals surface area (Å²) in [6.45, 7) is 5.27. The first kappa shape index (κ1) is 11.0. The number of ether oxygens (including phenoxy) is 1. The van der Waals surface area contributed by atoms with Crippen molar-refractivity contribution >= 4 is 0 Å². The van der Waals surface area contributed by atoms with Crippen LogP contribution < -0.4 is 0 Å². The molecule has 0 radical (unpaired) electrons. The third-order valence-corrected chi connectivity index (χ3v) is 2.46. The first-order valence-corrected chi connectivity index (χ1v) is 5.48. The molecule has 1 aliphatic rings. The van der Waals surface area contributed by atoms with Crippen LogP contribution in [0.3, 0.4) is 0 Å². The molecule has 1 fully saturated rings. The van der Waals surface area contributed by atoms with Gasteiger partial charge in [-0.1, -0.05) is 26.7 Å². The van der Waals surface area contributed by atoms with Gasteiger partial charge in [-0.2, -0.15) is 0 Å². The van der Waals surface area contributed by atoms with E-state index in [-0.39, 0.29) is 6.10 Å². The van der Waals surface area contributed by atoms with Crippen molar-refractivity contribution in [2.75, 3.05) is 6.61 Å². The molecular weight excluding hydrogens is 164 g/mol. The van der Waals surface area contributed by atoms with Gasteiger partial charge in [-0.15, -0.1) is 0 Å². The maximum atomic E-state index is 9.57. The SMILES string of the molecule is CC(C)CC(O)CCCCC1CO1. The summed E-state index contributed by atoms with van der Waals surface area (Å²) in [5.41, 5.74) is 0. The number of aliphatic hydroxyl groups excluding tert-OH is 1. The summed E-state index contributed by atoms with van der Waals surface area (Å²) in [6, 6.07) is 0. The molecule has 0 spiro atoms. The molecule has 2 unspecified atom stereocenters. The lowest BCUT2D eigenvalue weighted by Crippen LogP contribution is -2.09. The average Bonchev–Trinajstić information content (AvgIpc) is 2.80. The Morgan fingerprint density at radius 1 is 1.38 bits per heavy atom. The summed E-state index contributed by atoms with van der Waals surface area (Å²) in [7, 11) is 0. The van der Waals surface area contributed by atoms with Gasteiger partial charge in [0.25, 0.3) is 0 Å². The summed E-state index contributed by atoms with van der Waals surface area (Å²) in [4.78, 5) is 0. The third kappa shape index (κ3) is 6.05. The number of aliphatic hydroxyl groups is 1. The molecule has 2 heteroatoms. The third-order valence-electron chi connectivity index (χ3n) is 2.46. The minimum atomic E-state index is -0.0832. The lowest BCUT2D eigenvalue weighted by atomic mass is 10.0. The lowest BCUT2D eigenvalue weighted by Gasteiger charge is -2.12. The quantitative estimate of drug-likeness (QED) is 0.489. The van der Waals surface area contributed by atoms with Crippen molar-refractivity contribution in [1.29, 1.82) is 0 Å². The van der Waals surface area contributed by atoms with E-state index in [9.17, 15) is 5.11 Å². The van der Waals surface area contributed by atoms with E-state index in [1.165, 1.54) is 12.8 Å². The van der Waals surface area contributed by atoms with Crippen molar-refractivity contribution in [2.24, 2.45) is 5.92 Å². The fraction of sp³-hybridized carbons (Fsp3) is 1.00. The zero-order chi connectivity index (χ0) is 9.68. The highest BCUT2D eigenvalue weighted by Crippen LogP contribution is 2.18. The van der Waals surface area contributed by atoms with Gasteiger partial charge in [0, 0.05) is 0 Å². The summed E-state index contributed by atoms with van der Waals surface area (Å²) in [5.74, 6) is 0.613. The Kier molecular flexibility index (Phi) is 4.74. The Morgan fingerprint density at radius 3 is 2.62 bits per heavy atom. The minimum absolute atomic E-state index is 0.0832. The topological polar surface area (TPSA) is 32.8 Å². The van der Waals surface area contributed by atoms with Crippen LogP contribution in [0.15, 0.2) is 0 Å². The zero-order valence-corrected chi connectivity index (χ0v) is 8.83. The van der Waals surface area contributed by atoms with Gasteiger partial charge in [-0.05, 0) is 25.2 Å². The van der Waals surface area contributed by atoms with E-state index in [1.807, 2.05) is 0 Å². The Morgan fingerprint density at radius 2 is 2.08 bits per heavy atom. The van der Waals surface area contributed by atoms with Crippen molar-refractivity contribution in [1.82, 2.24) is 0 Å². The molecule has 0 aliphatic carbocycles. The highest BCUT2D eigenvalue weighted by atomic mass is 16.6. The molecular formula is C11H22O2. The molecule has 0 bridgehead atoms. The molecule has 0 aromatic carbocycles. The van der Waals surface area contributed by atoms with Crippen LogP contribution in [-0.2, 0) is 4.74 Å². The molecule has 2 atom stereocenters. The monoisotopic (exact) mass is 186 g/mol. The normalized spacial score (nSPS) is 23.5. The molecule has 0 aromatic heterocycles. The first-order valence-electron chi connectivity index (χ1n) is 5.48. The van der Waals surface area contributed by atoms with E-state index in [1.54, 1.807) is 0 Å². The van der Waals surface area contributed by atoms with Crippen molar-refractivity contribution in [3.05, 3.63) is 0 Å². The predicted octanol–water partition coefficient (Wildman–Crippen LogP) is 2.35. The van der Waals surface area contributed by atoms with E-state index >= 15 is 0 Å². The minimum Gasteiger partial charge on any atom is -0.393 e. The smallest absolute Gasteiger partial charge is 0.0810 e. The number of rotatable bonds is 7. The van der Waals surface area contributed by atoms with Gasteiger partial charge >= 0.3 is 0 Å². The molecule has 78 valence electrons. The molecule has 1 N–H and O–H groups in total. The number of unbranched alkanes of at least 4 members (excludes halogenated alkanes) is 1. The lowest BCUT2D eigenvalue weighted by molar-refractivity contribution is 0.135. The molecule has 1 aliphatic heterocycles. The summed E-state index contributed by atoms with van der Waals surface area (Å²) >= 11 is 0. The second kappa shape index (κ2) is 5.61. The fourth-order valence-corrected chi connectivity index (χ4v) is 1.65. The van der Waals surface area contributed by atoms with Crippen LogP contribution in [0.4, 0.5) is 0 Å². The van der Waals surface area contributed by atoms with Gasteiger partial charge in [0.2, 0.25) is 0 Å². The maximum Gasteiger partial charge on any atom is 0.0810 e. The summed E-state index contributed by atoms with van der Waals surface area (Å²) < 4.78 is 5.12. The van der Waals surface area contributed by atoms with Crippen molar-refractivity contribution in [3.63, 3.8) is 0 Å².